The van der Waals surface area contributed by atoms with Gasteiger partial charge in [0.1, 0.15) is 0 Å². The molecule has 0 radical (unpaired) electrons. The van der Waals surface area contributed by atoms with Gasteiger partial charge >= 0.3 is 0 Å². The Morgan fingerprint density at radius 3 is 2.62 bits per heavy atom. The van der Waals surface area contributed by atoms with Gasteiger partial charge in [0.15, 0.2) is 5.16 Å². The van der Waals surface area contributed by atoms with E-state index in [9.17, 15) is 9.59 Å². The molecule has 1 atom stereocenters. The van der Waals surface area contributed by atoms with Gasteiger partial charge in [0, 0.05) is 24.0 Å². The molecule has 0 saturated heterocycles. The molecule has 2 rings (SSSR count). The normalized spacial score (nSPS) is 12.0. The lowest BCUT2D eigenvalue weighted by Crippen LogP contribution is -2.36. The number of carbonyl (C=O) groups is 1. The van der Waals surface area contributed by atoms with E-state index in [1.165, 1.54) is 17.8 Å². The van der Waals surface area contributed by atoms with Crippen molar-refractivity contribution in [3.63, 3.8) is 0 Å². The van der Waals surface area contributed by atoms with Crippen LogP contribution in [0.1, 0.15) is 32.9 Å². The van der Waals surface area contributed by atoms with Crippen molar-refractivity contribution in [1.29, 1.82) is 0 Å². The Hall–Kier alpha value is -2.08. The summed E-state index contributed by atoms with van der Waals surface area (Å²) < 4.78 is 0. The molecule has 0 aliphatic carbocycles. The summed E-state index contributed by atoms with van der Waals surface area (Å²) in [5.41, 5.74) is 1.46. The highest BCUT2D eigenvalue weighted by molar-refractivity contribution is 8.00. The lowest BCUT2D eigenvalue weighted by Gasteiger charge is -2.24. The van der Waals surface area contributed by atoms with E-state index in [0.29, 0.717) is 11.7 Å². The maximum absolute atomic E-state index is 12.8. The molecule has 1 N–H and O–H groups in total. The van der Waals surface area contributed by atoms with Gasteiger partial charge in [0.2, 0.25) is 5.91 Å². The molecule has 1 heterocycles. The van der Waals surface area contributed by atoms with Crippen molar-refractivity contribution < 1.29 is 4.79 Å². The van der Waals surface area contributed by atoms with E-state index < -0.39 is 0 Å². The number of hydrogen-bond donors (Lipinski definition) is 1. The summed E-state index contributed by atoms with van der Waals surface area (Å²) in [5, 5.41) is 0.154. The third kappa shape index (κ3) is 4.71. The van der Waals surface area contributed by atoms with Crippen LogP contribution in [-0.2, 0) is 11.2 Å². The summed E-state index contributed by atoms with van der Waals surface area (Å²) in [7, 11) is 0. The summed E-state index contributed by atoms with van der Waals surface area (Å²) in [5.74, 6) is -0.00255. The van der Waals surface area contributed by atoms with Crippen LogP contribution in [0.25, 0.3) is 0 Å². The number of amides is 1. The first-order chi connectivity index (χ1) is 11.5. The molecule has 0 fully saturated rings. The van der Waals surface area contributed by atoms with E-state index in [4.69, 9.17) is 0 Å². The van der Waals surface area contributed by atoms with E-state index in [-0.39, 0.29) is 16.7 Å². The Bertz CT molecular complexity index is 731. The number of hydrogen-bond acceptors (Lipinski definition) is 4. The molecule has 128 valence electrons. The van der Waals surface area contributed by atoms with Crippen molar-refractivity contribution in [2.24, 2.45) is 0 Å². The zero-order valence-electron chi connectivity index (χ0n) is 14.3. The molecule has 2 aromatic rings. The molecule has 0 unspecified atom stereocenters. The minimum atomic E-state index is -0.342. The van der Waals surface area contributed by atoms with Crippen molar-refractivity contribution in [3.05, 3.63) is 52.4 Å². The average Bonchev–Trinajstić information content (AvgIpc) is 2.56. The number of aromatic amines is 1. The summed E-state index contributed by atoms with van der Waals surface area (Å²) in [6, 6.07) is 11.1. The van der Waals surface area contributed by atoms with Crippen LogP contribution in [0.3, 0.4) is 0 Å². The Kier molecular flexibility index (Phi) is 6.61. The van der Waals surface area contributed by atoms with Gasteiger partial charge in [-0.15, -0.1) is 0 Å². The van der Waals surface area contributed by atoms with Crippen molar-refractivity contribution in [2.75, 3.05) is 11.4 Å². The van der Waals surface area contributed by atoms with Crippen molar-refractivity contribution in [1.82, 2.24) is 9.97 Å². The lowest BCUT2D eigenvalue weighted by atomic mass is 10.2. The molecule has 1 amide bonds. The standard InChI is InChI=1S/C18H23N3O2S/c1-4-9-14-12-16(22)20-18(19-14)24-13(3)17(23)21(5-2)15-10-7-6-8-11-15/h6-8,10-13H,4-5,9H2,1-3H3,(H,19,20,22)/t13-/m0/s1. The number of nitrogens with one attached hydrogen (secondary N) is 1. The predicted molar refractivity (Wildman–Crippen MR) is 98.6 cm³/mol. The molecular weight excluding hydrogens is 322 g/mol. The minimum Gasteiger partial charge on any atom is -0.312 e. The van der Waals surface area contributed by atoms with Gasteiger partial charge in [-0.1, -0.05) is 43.3 Å². The zero-order valence-corrected chi connectivity index (χ0v) is 15.1. The third-order valence-corrected chi connectivity index (χ3v) is 4.54. The van der Waals surface area contributed by atoms with Gasteiger partial charge in [-0.05, 0) is 32.4 Å². The number of anilines is 1. The molecule has 1 aromatic carbocycles. The number of H-pyrrole nitrogens is 1. The molecule has 5 nitrogen and oxygen atoms in total. The molecule has 0 spiro atoms. The van der Waals surface area contributed by atoms with E-state index in [1.807, 2.05) is 51.1 Å². The second-order valence-corrected chi connectivity index (χ2v) is 6.80. The molecule has 0 bridgehead atoms. The molecule has 0 aliphatic heterocycles. The molecule has 0 aliphatic rings. The maximum Gasteiger partial charge on any atom is 0.251 e. The maximum atomic E-state index is 12.8. The second-order valence-electron chi connectivity index (χ2n) is 5.47. The Balaban J connectivity index is 2.15. The van der Waals surface area contributed by atoms with E-state index in [1.54, 1.807) is 4.90 Å². The second kappa shape index (κ2) is 8.68. The molecule has 6 heteroatoms. The van der Waals surface area contributed by atoms with Crippen LogP contribution in [0.2, 0.25) is 0 Å². The van der Waals surface area contributed by atoms with Crippen LogP contribution in [-0.4, -0.2) is 27.7 Å². The molecule has 1 aromatic heterocycles. The Morgan fingerprint density at radius 1 is 1.29 bits per heavy atom. The van der Waals surface area contributed by atoms with Gasteiger partial charge < -0.3 is 9.88 Å². The lowest BCUT2D eigenvalue weighted by molar-refractivity contribution is -0.117. The van der Waals surface area contributed by atoms with Crippen LogP contribution in [0.5, 0.6) is 0 Å². The van der Waals surface area contributed by atoms with E-state index >= 15 is 0 Å². The van der Waals surface area contributed by atoms with Crippen LogP contribution in [0.15, 0.2) is 46.3 Å². The van der Waals surface area contributed by atoms with Gasteiger partial charge in [0.25, 0.3) is 5.56 Å². The number of para-hydroxylation sites is 1. The molecular formula is C18H23N3O2S. The van der Waals surface area contributed by atoms with Gasteiger partial charge in [-0.3, -0.25) is 9.59 Å². The summed E-state index contributed by atoms with van der Waals surface area (Å²) in [4.78, 5) is 33.4. The summed E-state index contributed by atoms with van der Waals surface area (Å²) >= 11 is 1.29. The fourth-order valence-electron chi connectivity index (χ4n) is 2.43. The fourth-order valence-corrected chi connectivity index (χ4v) is 3.33. The largest absolute Gasteiger partial charge is 0.312 e. The monoisotopic (exact) mass is 345 g/mol. The van der Waals surface area contributed by atoms with Crippen LogP contribution < -0.4 is 10.5 Å². The first kappa shape index (κ1) is 18.3. The minimum absolute atomic E-state index is 0.00255. The first-order valence-corrected chi connectivity index (χ1v) is 9.06. The topological polar surface area (TPSA) is 66.1 Å². The predicted octanol–water partition coefficient (Wildman–Crippen LogP) is 3.26. The van der Waals surface area contributed by atoms with Crippen molar-refractivity contribution >= 4 is 23.4 Å². The zero-order chi connectivity index (χ0) is 17.5. The number of aryl methyl sites for hydroxylation is 1. The third-order valence-electron chi connectivity index (χ3n) is 3.57. The molecule has 0 saturated carbocycles. The highest BCUT2D eigenvalue weighted by Gasteiger charge is 2.22. The van der Waals surface area contributed by atoms with Crippen LogP contribution >= 0.6 is 11.8 Å². The smallest absolute Gasteiger partial charge is 0.251 e. The highest BCUT2D eigenvalue weighted by atomic mass is 32.2. The van der Waals surface area contributed by atoms with Gasteiger partial charge in [-0.25, -0.2) is 4.98 Å². The van der Waals surface area contributed by atoms with E-state index in [0.717, 1.165) is 24.2 Å². The fraction of sp³-hybridized carbons (Fsp3) is 0.389. The first-order valence-electron chi connectivity index (χ1n) is 8.18. The summed E-state index contributed by atoms with van der Waals surface area (Å²) in [6.45, 7) is 6.42. The quantitative estimate of drug-likeness (QED) is 0.618. The number of aromatic nitrogens is 2. The van der Waals surface area contributed by atoms with E-state index in [2.05, 4.69) is 9.97 Å². The number of rotatable bonds is 7. The molecule has 24 heavy (non-hydrogen) atoms. The number of carbonyl (C=O) groups excluding carboxylic acids is 1. The van der Waals surface area contributed by atoms with Crippen LogP contribution in [0.4, 0.5) is 5.69 Å². The number of thioether (sulfide) groups is 1. The van der Waals surface area contributed by atoms with Crippen molar-refractivity contribution in [2.45, 2.75) is 44.0 Å². The number of nitrogens with zero attached hydrogens (tertiary/aromatic N) is 2. The Labute approximate surface area is 146 Å². The average molecular weight is 345 g/mol. The van der Waals surface area contributed by atoms with Crippen LogP contribution in [0, 0.1) is 0 Å². The van der Waals surface area contributed by atoms with Gasteiger partial charge in [0.05, 0.1) is 5.25 Å². The van der Waals surface area contributed by atoms with Crippen molar-refractivity contribution in [3.8, 4) is 0 Å². The highest BCUT2D eigenvalue weighted by Crippen LogP contribution is 2.23. The SMILES string of the molecule is CCCc1cc(=O)[nH]c(S[C@@H](C)C(=O)N(CC)c2ccccc2)n1. The Morgan fingerprint density at radius 2 is 2.00 bits per heavy atom. The summed E-state index contributed by atoms with van der Waals surface area (Å²) in [6.07, 6.45) is 1.68. The number of benzene rings is 1. The van der Waals surface area contributed by atoms with Gasteiger partial charge in [-0.2, -0.15) is 0 Å².